The van der Waals surface area contributed by atoms with Crippen LogP contribution in [-0.4, -0.2) is 15.2 Å². The zero-order valence-corrected chi connectivity index (χ0v) is 9.95. The summed E-state index contributed by atoms with van der Waals surface area (Å²) in [7, 11) is 0. The number of nitrogens with zero attached hydrogens (tertiary/aromatic N) is 1. The highest BCUT2D eigenvalue weighted by molar-refractivity contribution is 5.68. The Kier molecular flexibility index (Phi) is 2.68. The van der Waals surface area contributed by atoms with Gasteiger partial charge in [0, 0.05) is 5.56 Å². The largest absolute Gasteiger partial charge is 0.504 e. The average Bonchev–Trinajstić information content (AvgIpc) is 2.92. The van der Waals surface area contributed by atoms with Crippen molar-refractivity contribution < 1.29 is 14.6 Å². The van der Waals surface area contributed by atoms with Crippen molar-refractivity contribution in [2.45, 2.75) is 0 Å². The number of benzene rings is 2. The van der Waals surface area contributed by atoms with Crippen LogP contribution in [0.25, 0.3) is 22.8 Å². The van der Waals surface area contributed by atoms with Crippen LogP contribution in [0.3, 0.4) is 0 Å². The van der Waals surface area contributed by atoms with E-state index in [1.54, 1.807) is 18.3 Å². The second-order valence-electron chi connectivity index (χ2n) is 4.07. The second-order valence-corrected chi connectivity index (χ2v) is 4.07. The van der Waals surface area contributed by atoms with Crippen molar-refractivity contribution in [3.05, 3.63) is 54.7 Å². The molecule has 3 aromatic rings. The number of oxazole rings is 1. The molecule has 0 saturated carbocycles. The molecule has 2 N–H and O–H groups in total. The molecule has 0 saturated heterocycles. The van der Waals surface area contributed by atoms with Crippen molar-refractivity contribution in [3.63, 3.8) is 0 Å². The van der Waals surface area contributed by atoms with Crippen molar-refractivity contribution in [3.8, 4) is 34.3 Å². The Morgan fingerprint density at radius 2 is 1.68 bits per heavy atom. The third-order valence-electron chi connectivity index (χ3n) is 2.81. The number of hydrogen-bond acceptors (Lipinski definition) is 4. The SMILES string of the molecule is Oc1cccc(-c2ncc(-c3ccccc3)o2)c1O. The lowest BCUT2D eigenvalue weighted by atomic mass is 10.2. The van der Waals surface area contributed by atoms with Crippen LogP contribution in [0.15, 0.2) is 59.1 Å². The maximum absolute atomic E-state index is 9.78. The van der Waals surface area contributed by atoms with Gasteiger partial charge in [-0.25, -0.2) is 4.98 Å². The molecule has 1 heterocycles. The van der Waals surface area contributed by atoms with Crippen LogP contribution in [0.5, 0.6) is 11.5 Å². The first kappa shape index (κ1) is 11.3. The summed E-state index contributed by atoms with van der Waals surface area (Å²) < 4.78 is 5.61. The van der Waals surface area contributed by atoms with Crippen LogP contribution >= 0.6 is 0 Å². The van der Waals surface area contributed by atoms with E-state index in [2.05, 4.69) is 4.98 Å². The van der Waals surface area contributed by atoms with E-state index in [0.717, 1.165) is 5.56 Å². The average molecular weight is 253 g/mol. The van der Waals surface area contributed by atoms with Gasteiger partial charge in [-0.2, -0.15) is 0 Å². The Bertz CT molecular complexity index is 704. The van der Waals surface area contributed by atoms with Gasteiger partial charge in [0.25, 0.3) is 0 Å². The van der Waals surface area contributed by atoms with E-state index >= 15 is 0 Å². The van der Waals surface area contributed by atoms with E-state index in [0.29, 0.717) is 11.3 Å². The van der Waals surface area contributed by atoms with Crippen molar-refractivity contribution >= 4 is 0 Å². The molecular weight excluding hydrogens is 242 g/mol. The standard InChI is InChI=1S/C15H11NO3/c17-12-8-4-7-11(14(12)18)15-16-9-13(19-15)10-5-2-1-3-6-10/h1-9,17-18H. The number of rotatable bonds is 2. The molecule has 0 aliphatic rings. The molecule has 0 spiro atoms. The zero-order valence-electron chi connectivity index (χ0n) is 9.95. The summed E-state index contributed by atoms with van der Waals surface area (Å²) in [5.41, 5.74) is 1.27. The Balaban J connectivity index is 2.05. The molecule has 3 rings (SSSR count). The molecule has 2 aromatic carbocycles. The van der Waals surface area contributed by atoms with E-state index in [1.165, 1.54) is 6.07 Å². The predicted octanol–water partition coefficient (Wildman–Crippen LogP) is 3.42. The predicted molar refractivity (Wildman–Crippen MR) is 70.7 cm³/mol. The third kappa shape index (κ3) is 2.04. The number of hydrogen-bond donors (Lipinski definition) is 2. The van der Waals surface area contributed by atoms with Gasteiger partial charge in [-0.3, -0.25) is 0 Å². The zero-order chi connectivity index (χ0) is 13.2. The number of phenolic OH excluding ortho intramolecular Hbond substituents is 2. The maximum Gasteiger partial charge on any atom is 0.230 e. The smallest absolute Gasteiger partial charge is 0.230 e. The molecule has 0 aliphatic carbocycles. The number of phenols is 2. The van der Waals surface area contributed by atoms with Crippen molar-refractivity contribution in [1.82, 2.24) is 4.98 Å². The topological polar surface area (TPSA) is 66.5 Å². The monoisotopic (exact) mass is 253 g/mol. The van der Waals surface area contributed by atoms with Crippen molar-refractivity contribution in [1.29, 1.82) is 0 Å². The first-order valence-electron chi connectivity index (χ1n) is 5.78. The molecule has 19 heavy (non-hydrogen) atoms. The quantitative estimate of drug-likeness (QED) is 0.687. The Hall–Kier alpha value is -2.75. The number of aromatic nitrogens is 1. The van der Waals surface area contributed by atoms with Crippen molar-refractivity contribution in [2.24, 2.45) is 0 Å². The van der Waals surface area contributed by atoms with E-state index in [4.69, 9.17) is 4.42 Å². The molecular formula is C15H11NO3. The molecule has 4 nitrogen and oxygen atoms in total. The van der Waals surface area contributed by atoms with E-state index in [-0.39, 0.29) is 17.4 Å². The highest BCUT2D eigenvalue weighted by Crippen LogP contribution is 2.36. The molecule has 0 aliphatic heterocycles. The van der Waals surface area contributed by atoms with Crippen LogP contribution in [0.1, 0.15) is 0 Å². The lowest BCUT2D eigenvalue weighted by Gasteiger charge is -2.01. The summed E-state index contributed by atoms with van der Waals surface area (Å²) in [5.74, 6) is 0.450. The molecule has 0 atom stereocenters. The van der Waals surface area contributed by atoms with Crippen LogP contribution in [0.2, 0.25) is 0 Å². The minimum atomic E-state index is -0.232. The summed E-state index contributed by atoms with van der Waals surface area (Å²) in [6.45, 7) is 0. The normalized spacial score (nSPS) is 10.5. The second kappa shape index (κ2) is 4.49. The summed E-state index contributed by atoms with van der Waals surface area (Å²) >= 11 is 0. The molecule has 0 unspecified atom stereocenters. The summed E-state index contributed by atoms with van der Waals surface area (Å²) in [5, 5.41) is 19.2. The van der Waals surface area contributed by atoms with Gasteiger partial charge in [0.05, 0.1) is 11.8 Å². The van der Waals surface area contributed by atoms with Gasteiger partial charge in [-0.15, -0.1) is 0 Å². The summed E-state index contributed by atoms with van der Waals surface area (Å²) in [6.07, 6.45) is 1.59. The fraction of sp³-hybridized carbons (Fsp3) is 0. The maximum atomic E-state index is 9.78. The first-order chi connectivity index (χ1) is 9.25. The molecule has 94 valence electrons. The van der Waals surface area contributed by atoms with E-state index < -0.39 is 0 Å². The van der Waals surface area contributed by atoms with Gasteiger partial charge in [-0.1, -0.05) is 36.4 Å². The van der Waals surface area contributed by atoms with Crippen LogP contribution in [-0.2, 0) is 0 Å². The summed E-state index contributed by atoms with van der Waals surface area (Å²) in [4.78, 5) is 4.13. The number of para-hydroxylation sites is 1. The van der Waals surface area contributed by atoms with Crippen LogP contribution in [0.4, 0.5) is 0 Å². The lowest BCUT2D eigenvalue weighted by Crippen LogP contribution is -1.78. The fourth-order valence-corrected chi connectivity index (χ4v) is 1.84. The first-order valence-corrected chi connectivity index (χ1v) is 5.78. The van der Waals surface area contributed by atoms with Crippen LogP contribution in [0, 0.1) is 0 Å². The number of aromatic hydroxyl groups is 2. The Morgan fingerprint density at radius 3 is 2.47 bits per heavy atom. The van der Waals surface area contributed by atoms with Gasteiger partial charge in [0.15, 0.2) is 17.3 Å². The van der Waals surface area contributed by atoms with Gasteiger partial charge >= 0.3 is 0 Å². The summed E-state index contributed by atoms with van der Waals surface area (Å²) in [6, 6.07) is 14.2. The molecule has 0 bridgehead atoms. The van der Waals surface area contributed by atoms with E-state index in [9.17, 15) is 10.2 Å². The highest BCUT2D eigenvalue weighted by atomic mass is 16.4. The fourth-order valence-electron chi connectivity index (χ4n) is 1.84. The lowest BCUT2D eigenvalue weighted by molar-refractivity contribution is 0.403. The van der Waals surface area contributed by atoms with Gasteiger partial charge in [0.1, 0.15) is 0 Å². The minimum absolute atomic E-state index is 0.197. The molecule has 0 fully saturated rings. The van der Waals surface area contributed by atoms with Gasteiger partial charge in [-0.05, 0) is 12.1 Å². The highest BCUT2D eigenvalue weighted by Gasteiger charge is 2.14. The third-order valence-corrected chi connectivity index (χ3v) is 2.81. The van der Waals surface area contributed by atoms with Crippen LogP contribution < -0.4 is 0 Å². The van der Waals surface area contributed by atoms with Gasteiger partial charge < -0.3 is 14.6 Å². The Morgan fingerprint density at radius 1 is 0.895 bits per heavy atom. The van der Waals surface area contributed by atoms with E-state index in [1.807, 2.05) is 30.3 Å². The van der Waals surface area contributed by atoms with Gasteiger partial charge in [0.2, 0.25) is 5.89 Å². The molecule has 1 aromatic heterocycles. The Labute approximate surface area is 109 Å². The molecule has 0 radical (unpaired) electrons. The minimum Gasteiger partial charge on any atom is -0.504 e. The van der Waals surface area contributed by atoms with Crippen molar-refractivity contribution in [2.75, 3.05) is 0 Å². The molecule has 0 amide bonds. The molecule has 4 heteroatoms.